The van der Waals surface area contributed by atoms with E-state index in [2.05, 4.69) is 5.32 Å². The van der Waals surface area contributed by atoms with Crippen LogP contribution in [0.3, 0.4) is 0 Å². The van der Waals surface area contributed by atoms with Gasteiger partial charge in [0.2, 0.25) is 21.8 Å². The lowest BCUT2D eigenvalue weighted by Gasteiger charge is -2.33. The van der Waals surface area contributed by atoms with Gasteiger partial charge in [-0.2, -0.15) is 0 Å². The number of nitrogens with zero attached hydrogens (tertiary/aromatic N) is 2. The van der Waals surface area contributed by atoms with Crippen molar-refractivity contribution in [3.8, 4) is 5.75 Å². The van der Waals surface area contributed by atoms with Crippen molar-refractivity contribution in [1.29, 1.82) is 0 Å². The summed E-state index contributed by atoms with van der Waals surface area (Å²) in [5, 5.41) is 3.69. The maximum Gasteiger partial charge on any atom is 0.244 e. The molecule has 0 aliphatic heterocycles. The largest absolute Gasteiger partial charge is 0.497 e. The molecule has 36 heavy (non-hydrogen) atoms. The Bertz CT molecular complexity index is 1180. The van der Waals surface area contributed by atoms with E-state index in [0.717, 1.165) is 17.0 Å². The highest BCUT2D eigenvalue weighted by atomic mass is 35.5. The van der Waals surface area contributed by atoms with E-state index in [0.29, 0.717) is 27.8 Å². The summed E-state index contributed by atoms with van der Waals surface area (Å²) in [5.41, 5.74) is 0.850. The van der Waals surface area contributed by atoms with Gasteiger partial charge >= 0.3 is 0 Å². The van der Waals surface area contributed by atoms with Crippen molar-refractivity contribution in [3.05, 3.63) is 58.1 Å². The van der Waals surface area contributed by atoms with Gasteiger partial charge in [0.1, 0.15) is 18.3 Å². The molecular formula is C25H33Cl2N3O5S. The van der Waals surface area contributed by atoms with Crippen molar-refractivity contribution in [3.63, 3.8) is 0 Å². The first kappa shape index (κ1) is 29.7. The van der Waals surface area contributed by atoms with Gasteiger partial charge in [-0.15, -0.1) is 0 Å². The van der Waals surface area contributed by atoms with Gasteiger partial charge in [0.25, 0.3) is 0 Å². The number of hydrogen-bond acceptors (Lipinski definition) is 5. The molecule has 2 amide bonds. The Balaban J connectivity index is 2.49. The summed E-state index contributed by atoms with van der Waals surface area (Å²) in [6.07, 6.45) is 2.06. The topological polar surface area (TPSA) is 96.0 Å². The van der Waals surface area contributed by atoms with Crippen LogP contribution in [0.25, 0.3) is 0 Å². The molecule has 8 nitrogen and oxygen atoms in total. The van der Waals surface area contributed by atoms with Gasteiger partial charge in [-0.1, -0.05) is 49.2 Å². The molecule has 0 heterocycles. The van der Waals surface area contributed by atoms with Gasteiger partial charge in [-0.25, -0.2) is 8.42 Å². The Morgan fingerprint density at radius 3 is 2.33 bits per heavy atom. The van der Waals surface area contributed by atoms with E-state index in [1.54, 1.807) is 43.3 Å². The number of halogens is 2. The summed E-state index contributed by atoms with van der Waals surface area (Å²) in [5.74, 6) is -0.434. The van der Waals surface area contributed by atoms with Gasteiger partial charge in [0, 0.05) is 28.7 Å². The molecule has 0 aromatic heterocycles. The van der Waals surface area contributed by atoms with Crippen LogP contribution >= 0.6 is 23.2 Å². The second kappa shape index (κ2) is 13.2. The molecule has 0 saturated carbocycles. The number of amides is 2. The molecule has 1 N–H and O–H groups in total. The monoisotopic (exact) mass is 557 g/mol. The maximum atomic E-state index is 13.7. The molecule has 0 aliphatic carbocycles. The van der Waals surface area contributed by atoms with E-state index in [4.69, 9.17) is 27.9 Å². The van der Waals surface area contributed by atoms with Gasteiger partial charge in [-0.05, 0) is 49.6 Å². The molecule has 11 heteroatoms. The molecular weight excluding hydrogens is 525 g/mol. The quantitative estimate of drug-likeness (QED) is 0.414. The van der Waals surface area contributed by atoms with Crippen molar-refractivity contribution in [2.75, 3.05) is 24.2 Å². The first-order valence-corrected chi connectivity index (χ1v) is 14.2. The predicted octanol–water partition coefficient (Wildman–Crippen LogP) is 4.49. The molecule has 0 unspecified atom stereocenters. The third-order valence-corrected chi connectivity index (χ3v) is 7.49. The lowest BCUT2D eigenvalue weighted by atomic mass is 10.1. The number of sulfonamides is 1. The third-order valence-electron chi connectivity index (χ3n) is 5.76. The van der Waals surface area contributed by atoms with E-state index in [1.165, 1.54) is 18.1 Å². The molecule has 0 fully saturated rings. The molecule has 0 spiro atoms. The van der Waals surface area contributed by atoms with E-state index < -0.39 is 28.5 Å². The molecule has 198 valence electrons. The van der Waals surface area contributed by atoms with Crippen LogP contribution < -0.4 is 14.4 Å². The van der Waals surface area contributed by atoms with Crippen molar-refractivity contribution in [2.45, 2.75) is 52.2 Å². The highest BCUT2D eigenvalue weighted by Crippen LogP contribution is 2.26. The zero-order chi connectivity index (χ0) is 27.0. The number of nitrogens with one attached hydrogen (secondary N) is 1. The Morgan fingerprint density at radius 2 is 1.78 bits per heavy atom. The lowest BCUT2D eigenvalue weighted by molar-refractivity contribution is -0.140. The van der Waals surface area contributed by atoms with Gasteiger partial charge in [0.15, 0.2) is 0 Å². The van der Waals surface area contributed by atoms with Crippen molar-refractivity contribution in [2.24, 2.45) is 0 Å². The Kier molecular flexibility index (Phi) is 10.9. The Labute approximate surface area is 223 Å². The normalized spacial score (nSPS) is 13.0. The maximum absolute atomic E-state index is 13.7. The van der Waals surface area contributed by atoms with E-state index in [9.17, 15) is 18.0 Å². The summed E-state index contributed by atoms with van der Waals surface area (Å²) in [6.45, 7) is 5.10. The lowest BCUT2D eigenvalue weighted by Crippen LogP contribution is -2.53. The number of carbonyl (C=O) groups is 2. The zero-order valence-electron chi connectivity index (χ0n) is 21.1. The average Bonchev–Trinajstić information content (AvgIpc) is 2.82. The predicted molar refractivity (Wildman–Crippen MR) is 144 cm³/mol. The summed E-state index contributed by atoms with van der Waals surface area (Å²) in [7, 11) is -2.38. The molecule has 2 aromatic carbocycles. The minimum Gasteiger partial charge on any atom is -0.497 e. The van der Waals surface area contributed by atoms with Crippen LogP contribution in [0.4, 0.5) is 5.69 Å². The summed E-state index contributed by atoms with van der Waals surface area (Å²) in [6, 6.07) is 10.4. The summed E-state index contributed by atoms with van der Waals surface area (Å²) in [4.78, 5) is 28.2. The van der Waals surface area contributed by atoms with Crippen molar-refractivity contribution in [1.82, 2.24) is 10.2 Å². The number of rotatable bonds is 12. The fourth-order valence-corrected chi connectivity index (χ4v) is 4.88. The molecule has 2 aromatic rings. The molecule has 0 aliphatic rings. The van der Waals surface area contributed by atoms with Crippen molar-refractivity contribution >= 4 is 50.7 Å². The number of anilines is 1. The summed E-state index contributed by atoms with van der Waals surface area (Å²) < 4.78 is 31.6. The zero-order valence-corrected chi connectivity index (χ0v) is 23.5. The minimum atomic E-state index is -3.85. The number of ether oxygens (including phenoxy) is 1. The second-order valence-electron chi connectivity index (χ2n) is 8.47. The third kappa shape index (κ3) is 8.01. The first-order chi connectivity index (χ1) is 16.9. The number of hydrogen-bond donors (Lipinski definition) is 1. The van der Waals surface area contributed by atoms with E-state index in [-0.39, 0.29) is 24.2 Å². The SMILES string of the molecule is CC[C@@H](C)NC(=O)[C@H](CC)N(Cc1ccc(Cl)cc1Cl)C(=O)CN(c1cccc(OC)c1)S(C)(=O)=O. The standard InChI is InChI=1S/C25H33Cl2N3O5S/c1-6-17(3)28-25(32)23(7-2)29(15-18-11-12-19(26)13-22(18)27)24(31)16-30(36(5,33)34)20-9-8-10-21(14-20)35-4/h8-14,17,23H,6-7,15-16H2,1-5H3,(H,28,32)/t17-,23+/m1/s1. The average molecular weight is 559 g/mol. The molecule has 0 saturated heterocycles. The number of carbonyl (C=O) groups excluding carboxylic acids is 2. The van der Waals surface area contributed by atoms with Crippen LogP contribution in [-0.2, 0) is 26.2 Å². The second-order valence-corrected chi connectivity index (χ2v) is 11.2. The molecule has 2 atom stereocenters. The highest BCUT2D eigenvalue weighted by molar-refractivity contribution is 7.92. The minimum absolute atomic E-state index is 0.00300. The molecule has 0 bridgehead atoms. The van der Waals surface area contributed by atoms with Crippen LogP contribution in [0.1, 0.15) is 39.2 Å². The van der Waals surface area contributed by atoms with Crippen LogP contribution in [-0.4, -0.2) is 57.1 Å². The van der Waals surface area contributed by atoms with E-state index >= 15 is 0 Å². The van der Waals surface area contributed by atoms with Gasteiger partial charge in [0.05, 0.1) is 19.1 Å². The van der Waals surface area contributed by atoms with E-state index in [1.807, 2.05) is 13.8 Å². The Morgan fingerprint density at radius 1 is 1.08 bits per heavy atom. The highest BCUT2D eigenvalue weighted by Gasteiger charge is 2.32. The first-order valence-electron chi connectivity index (χ1n) is 11.6. The van der Waals surface area contributed by atoms with Crippen LogP contribution in [0.15, 0.2) is 42.5 Å². The molecule has 0 radical (unpaired) electrons. The van der Waals surface area contributed by atoms with Gasteiger partial charge < -0.3 is 15.0 Å². The van der Waals surface area contributed by atoms with Gasteiger partial charge in [-0.3, -0.25) is 13.9 Å². The summed E-state index contributed by atoms with van der Waals surface area (Å²) >= 11 is 12.4. The smallest absolute Gasteiger partial charge is 0.244 e. The number of methoxy groups -OCH3 is 1. The van der Waals surface area contributed by atoms with Crippen LogP contribution in [0.5, 0.6) is 5.75 Å². The fraction of sp³-hybridized carbons (Fsp3) is 0.440. The van der Waals surface area contributed by atoms with Crippen LogP contribution in [0.2, 0.25) is 10.0 Å². The Hall–Kier alpha value is -2.49. The van der Waals surface area contributed by atoms with Crippen LogP contribution in [0, 0.1) is 0 Å². The number of benzene rings is 2. The van der Waals surface area contributed by atoms with Crippen molar-refractivity contribution < 1.29 is 22.7 Å². The molecule has 2 rings (SSSR count). The fourth-order valence-electron chi connectivity index (χ4n) is 3.57.